The van der Waals surface area contributed by atoms with Crippen LogP contribution in [0, 0.1) is 6.92 Å². The number of hydrogen-bond acceptors (Lipinski definition) is 4. The standard InChI is InChI=1S/C25H23ClN4OS/c1-18-5-2-3-6-22(18)28-12-14-29(15-13-28)25(31)23-17-21(24-7-4-16-32-24)27-30(23)20-10-8-19(26)9-11-20/h2-11,16-17H,12-15H2,1H3. The zero-order chi connectivity index (χ0) is 22.1. The second-order valence-corrected chi connectivity index (χ2v) is 9.23. The van der Waals surface area contributed by atoms with Crippen LogP contribution < -0.4 is 4.90 Å². The maximum absolute atomic E-state index is 13.6. The Morgan fingerprint density at radius 3 is 2.41 bits per heavy atom. The molecular formula is C25H23ClN4OS. The van der Waals surface area contributed by atoms with Crippen LogP contribution in [0.4, 0.5) is 5.69 Å². The summed E-state index contributed by atoms with van der Waals surface area (Å²) in [5.74, 6) is -0.000287. The van der Waals surface area contributed by atoms with E-state index in [1.807, 2.05) is 52.7 Å². The van der Waals surface area contributed by atoms with Crippen molar-refractivity contribution in [3.05, 3.63) is 88.4 Å². The summed E-state index contributed by atoms with van der Waals surface area (Å²) < 4.78 is 1.74. The lowest BCUT2D eigenvalue weighted by atomic mass is 10.1. The number of carbonyl (C=O) groups is 1. The molecule has 162 valence electrons. The molecule has 5 nitrogen and oxygen atoms in total. The first kappa shape index (κ1) is 20.8. The number of aryl methyl sites for hydroxylation is 1. The molecule has 0 saturated carbocycles. The van der Waals surface area contributed by atoms with E-state index in [4.69, 9.17) is 16.7 Å². The number of rotatable bonds is 4. The van der Waals surface area contributed by atoms with Gasteiger partial charge in [-0.3, -0.25) is 4.79 Å². The minimum absolute atomic E-state index is 0.000287. The second kappa shape index (κ2) is 8.81. The molecule has 4 aromatic rings. The summed E-state index contributed by atoms with van der Waals surface area (Å²) in [6.07, 6.45) is 0. The normalized spacial score (nSPS) is 14.1. The van der Waals surface area contributed by atoms with Crippen molar-refractivity contribution in [2.75, 3.05) is 31.1 Å². The van der Waals surface area contributed by atoms with Crippen LogP contribution in [-0.4, -0.2) is 46.8 Å². The fourth-order valence-electron chi connectivity index (χ4n) is 4.09. The molecule has 1 saturated heterocycles. The summed E-state index contributed by atoms with van der Waals surface area (Å²) in [5, 5.41) is 7.44. The lowest BCUT2D eigenvalue weighted by Crippen LogP contribution is -2.49. The largest absolute Gasteiger partial charge is 0.368 e. The van der Waals surface area contributed by atoms with Gasteiger partial charge in [0, 0.05) is 36.9 Å². The van der Waals surface area contributed by atoms with E-state index in [1.54, 1.807) is 16.0 Å². The molecule has 0 N–H and O–H groups in total. The first-order valence-electron chi connectivity index (χ1n) is 10.6. The first-order chi connectivity index (χ1) is 15.6. The number of hydrogen-bond donors (Lipinski definition) is 0. The van der Waals surface area contributed by atoms with Gasteiger partial charge < -0.3 is 9.80 Å². The Morgan fingerprint density at radius 2 is 1.72 bits per heavy atom. The molecule has 2 aromatic heterocycles. The molecule has 0 radical (unpaired) electrons. The number of halogens is 1. The van der Waals surface area contributed by atoms with E-state index >= 15 is 0 Å². The third-order valence-corrected chi connectivity index (χ3v) is 6.94. The molecule has 0 bridgehead atoms. The van der Waals surface area contributed by atoms with Crippen LogP contribution in [-0.2, 0) is 0 Å². The van der Waals surface area contributed by atoms with Crippen molar-refractivity contribution >= 4 is 34.5 Å². The van der Waals surface area contributed by atoms with E-state index < -0.39 is 0 Å². The maximum Gasteiger partial charge on any atom is 0.272 e. The van der Waals surface area contributed by atoms with Crippen LogP contribution in [0.25, 0.3) is 16.3 Å². The lowest BCUT2D eigenvalue weighted by molar-refractivity contribution is 0.0737. The zero-order valence-electron chi connectivity index (χ0n) is 17.7. The average Bonchev–Trinajstić information content (AvgIpc) is 3.50. The molecule has 0 spiro atoms. The Kier molecular flexibility index (Phi) is 5.72. The molecular weight excluding hydrogens is 440 g/mol. The van der Waals surface area contributed by atoms with E-state index in [1.165, 1.54) is 11.3 Å². The molecule has 1 aliphatic heterocycles. The van der Waals surface area contributed by atoms with Gasteiger partial charge in [-0.2, -0.15) is 5.10 Å². The van der Waals surface area contributed by atoms with Gasteiger partial charge in [-0.1, -0.05) is 35.9 Å². The van der Waals surface area contributed by atoms with Crippen molar-refractivity contribution in [2.24, 2.45) is 0 Å². The third kappa shape index (κ3) is 4.04. The van der Waals surface area contributed by atoms with Crippen molar-refractivity contribution in [3.8, 4) is 16.3 Å². The SMILES string of the molecule is Cc1ccccc1N1CCN(C(=O)c2cc(-c3cccs3)nn2-c2ccc(Cl)cc2)CC1. The summed E-state index contributed by atoms with van der Waals surface area (Å²) in [7, 11) is 0. The second-order valence-electron chi connectivity index (χ2n) is 7.85. The summed E-state index contributed by atoms with van der Waals surface area (Å²) in [6.45, 7) is 5.09. The summed E-state index contributed by atoms with van der Waals surface area (Å²) >= 11 is 7.69. The van der Waals surface area contributed by atoms with Crippen LogP contribution in [0.15, 0.2) is 72.1 Å². The van der Waals surface area contributed by atoms with Crippen molar-refractivity contribution in [1.29, 1.82) is 0 Å². The number of thiophene rings is 1. The summed E-state index contributed by atoms with van der Waals surface area (Å²) in [5.41, 5.74) is 4.69. The van der Waals surface area contributed by atoms with Crippen molar-refractivity contribution in [1.82, 2.24) is 14.7 Å². The number of nitrogens with zero attached hydrogens (tertiary/aromatic N) is 4. The molecule has 7 heteroatoms. The predicted octanol–water partition coefficient (Wildman–Crippen LogP) is 5.53. The van der Waals surface area contributed by atoms with Gasteiger partial charge >= 0.3 is 0 Å². The topological polar surface area (TPSA) is 41.4 Å². The third-order valence-electron chi connectivity index (χ3n) is 5.80. The minimum atomic E-state index is -0.000287. The number of anilines is 1. The van der Waals surface area contributed by atoms with Gasteiger partial charge in [0.2, 0.25) is 0 Å². The molecule has 32 heavy (non-hydrogen) atoms. The van der Waals surface area contributed by atoms with Crippen LogP contribution >= 0.6 is 22.9 Å². The molecule has 2 aromatic carbocycles. The Labute approximate surface area is 196 Å². The van der Waals surface area contributed by atoms with E-state index in [2.05, 4.69) is 36.1 Å². The van der Waals surface area contributed by atoms with Crippen LogP contribution in [0.5, 0.6) is 0 Å². The van der Waals surface area contributed by atoms with Gasteiger partial charge in [0.25, 0.3) is 5.91 Å². The molecule has 5 rings (SSSR count). The highest BCUT2D eigenvalue weighted by atomic mass is 35.5. The highest BCUT2D eigenvalue weighted by Gasteiger charge is 2.27. The molecule has 0 unspecified atom stereocenters. The van der Waals surface area contributed by atoms with Gasteiger partial charge in [-0.05, 0) is 60.3 Å². The van der Waals surface area contributed by atoms with E-state index in [-0.39, 0.29) is 5.91 Å². The number of benzene rings is 2. The van der Waals surface area contributed by atoms with Crippen molar-refractivity contribution in [2.45, 2.75) is 6.92 Å². The number of amides is 1. The number of para-hydroxylation sites is 1. The average molecular weight is 463 g/mol. The lowest BCUT2D eigenvalue weighted by Gasteiger charge is -2.36. The zero-order valence-corrected chi connectivity index (χ0v) is 19.3. The number of carbonyl (C=O) groups excluding carboxylic acids is 1. The summed E-state index contributed by atoms with van der Waals surface area (Å²) in [4.78, 5) is 18.9. The van der Waals surface area contributed by atoms with Gasteiger partial charge in [-0.25, -0.2) is 4.68 Å². The Morgan fingerprint density at radius 1 is 0.969 bits per heavy atom. The minimum Gasteiger partial charge on any atom is -0.368 e. The molecule has 0 aliphatic carbocycles. The molecule has 3 heterocycles. The molecule has 1 aliphatic rings. The Hall–Kier alpha value is -3.09. The quantitative estimate of drug-likeness (QED) is 0.400. The van der Waals surface area contributed by atoms with Crippen LogP contribution in [0.1, 0.15) is 16.1 Å². The van der Waals surface area contributed by atoms with Crippen molar-refractivity contribution in [3.63, 3.8) is 0 Å². The number of piperazine rings is 1. The van der Waals surface area contributed by atoms with E-state index in [0.29, 0.717) is 23.8 Å². The maximum atomic E-state index is 13.6. The van der Waals surface area contributed by atoms with Gasteiger partial charge in [-0.15, -0.1) is 11.3 Å². The molecule has 0 atom stereocenters. The Balaban J connectivity index is 1.42. The molecule has 1 fully saturated rings. The van der Waals surface area contributed by atoms with E-state index in [9.17, 15) is 4.79 Å². The van der Waals surface area contributed by atoms with E-state index in [0.717, 1.165) is 29.3 Å². The van der Waals surface area contributed by atoms with Crippen molar-refractivity contribution < 1.29 is 4.79 Å². The summed E-state index contributed by atoms with van der Waals surface area (Å²) in [6, 6.07) is 21.7. The Bertz CT molecular complexity index is 1230. The molecule has 1 amide bonds. The fourth-order valence-corrected chi connectivity index (χ4v) is 4.90. The first-order valence-corrected chi connectivity index (χ1v) is 11.9. The number of aromatic nitrogens is 2. The fraction of sp³-hybridized carbons (Fsp3) is 0.200. The monoisotopic (exact) mass is 462 g/mol. The predicted molar refractivity (Wildman–Crippen MR) is 131 cm³/mol. The van der Waals surface area contributed by atoms with Crippen LogP contribution in [0.2, 0.25) is 5.02 Å². The highest BCUT2D eigenvalue weighted by Crippen LogP contribution is 2.27. The van der Waals surface area contributed by atoms with Crippen LogP contribution in [0.3, 0.4) is 0 Å². The van der Waals surface area contributed by atoms with Gasteiger partial charge in [0.1, 0.15) is 11.4 Å². The van der Waals surface area contributed by atoms with Gasteiger partial charge in [0.15, 0.2) is 0 Å². The van der Waals surface area contributed by atoms with Gasteiger partial charge in [0.05, 0.1) is 10.6 Å². The smallest absolute Gasteiger partial charge is 0.272 e. The highest BCUT2D eigenvalue weighted by molar-refractivity contribution is 7.13.